The van der Waals surface area contributed by atoms with Gasteiger partial charge in [0.1, 0.15) is 17.4 Å². The Morgan fingerprint density at radius 1 is 1.50 bits per heavy atom. The SMILES string of the molecule is N=C(Cl)C1COC2(CCCCC2O)O1. The average Bonchev–Trinajstić information content (AvgIpc) is 2.56. The quantitative estimate of drug-likeness (QED) is 0.653. The summed E-state index contributed by atoms with van der Waals surface area (Å²) in [6.45, 7) is 0.277. The van der Waals surface area contributed by atoms with Crippen molar-refractivity contribution in [1.82, 2.24) is 0 Å². The molecular weight excluding hydrogens is 206 g/mol. The van der Waals surface area contributed by atoms with Gasteiger partial charge in [0.25, 0.3) is 0 Å². The van der Waals surface area contributed by atoms with Crippen molar-refractivity contribution in [2.24, 2.45) is 0 Å². The highest BCUT2D eigenvalue weighted by Crippen LogP contribution is 2.38. The fourth-order valence-corrected chi connectivity index (χ4v) is 2.16. The molecule has 4 nitrogen and oxygen atoms in total. The minimum absolute atomic E-state index is 0.0559. The summed E-state index contributed by atoms with van der Waals surface area (Å²) < 4.78 is 11.0. The van der Waals surface area contributed by atoms with Gasteiger partial charge >= 0.3 is 0 Å². The molecule has 5 heteroatoms. The Labute approximate surface area is 87.7 Å². The molecule has 0 aromatic rings. The molecule has 3 atom stereocenters. The van der Waals surface area contributed by atoms with Crippen LogP contribution in [0.2, 0.25) is 0 Å². The van der Waals surface area contributed by atoms with Crippen LogP contribution < -0.4 is 0 Å². The van der Waals surface area contributed by atoms with Crippen molar-refractivity contribution < 1.29 is 14.6 Å². The largest absolute Gasteiger partial charge is 0.388 e. The van der Waals surface area contributed by atoms with Crippen LogP contribution in [0.4, 0.5) is 0 Å². The van der Waals surface area contributed by atoms with Gasteiger partial charge in [-0.25, -0.2) is 0 Å². The standard InChI is InChI=1S/C9H14ClNO3/c10-8(11)6-5-13-9(14-6)4-2-1-3-7(9)12/h6-7,11-12H,1-5H2. The molecule has 0 aromatic carbocycles. The summed E-state index contributed by atoms with van der Waals surface area (Å²) in [7, 11) is 0. The second kappa shape index (κ2) is 3.77. The number of rotatable bonds is 1. The highest BCUT2D eigenvalue weighted by molar-refractivity contribution is 6.65. The fraction of sp³-hybridized carbons (Fsp3) is 0.889. The maximum absolute atomic E-state index is 9.80. The summed E-state index contributed by atoms with van der Waals surface area (Å²) in [5.41, 5.74) is 0. The minimum Gasteiger partial charge on any atom is -0.388 e. The Hall–Kier alpha value is -0.160. The van der Waals surface area contributed by atoms with Crippen LogP contribution in [-0.4, -0.2) is 34.9 Å². The molecular formula is C9H14ClNO3. The molecule has 1 saturated heterocycles. The van der Waals surface area contributed by atoms with E-state index in [-0.39, 0.29) is 11.8 Å². The summed E-state index contributed by atoms with van der Waals surface area (Å²) in [4.78, 5) is 0. The molecule has 1 heterocycles. The molecule has 0 amide bonds. The molecule has 0 radical (unpaired) electrons. The van der Waals surface area contributed by atoms with Crippen LogP contribution in [0.3, 0.4) is 0 Å². The number of aliphatic hydroxyl groups excluding tert-OH is 1. The first-order chi connectivity index (χ1) is 6.64. The Morgan fingerprint density at radius 2 is 2.29 bits per heavy atom. The first-order valence-electron chi connectivity index (χ1n) is 4.88. The van der Waals surface area contributed by atoms with Gasteiger partial charge in [0, 0.05) is 6.42 Å². The van der Waals surface area contributed by atoms with Gasteiger partial charge in [0.2, 0.25) is 0 Å². The number of aliphatic hydroxyl groups is 1. The average molecular weight is 220 g/mol. The number of hydrogen-bond donors (Lipinski definition) is 2. The van der Waals surface area contributed by atoms with Crippen molar-refractivity contribution in [3.63, 3.8) is 0 Å². The fourth-order valence-electron chi connectivity index (χ4n) is 2.05. The van der Waals surface area contributed by atoms with Crippen molar-refractivity contribution in [3.8, 4) is 0 Å². The van der Waals surface area contributed by atoms with Gasteiger partial charge < -0.3 is 14.6 Å². The molecule has 1 spiro atoms. The predicted molar refractivity (Wildman–Crippen MR) is 51.6 cm³/mol. The molecule has 1 saturated carbocycles. The highest BCUT2D eigenvalue weighted by Gasteiger charge is 2.49. The van der Waals surface area contributed by atoms with Crippen LogP contribution >= 0.6 is 11.6 Å². The third kappa shape index (κ3) is 1.67. The Balaban J connectivity index is 2.06. The van der Waals surface area contributed by atoms with E-state index >= 15 is 0 Å². The summed E-state index contributed by atoms with van der Waals surface area (Å²) in [6, 6.07) is 0. The van der Waals surface area contributed by atoms with Crippen LogP contribution in [0.5, 0.6) is 0 Å². The molecule has 2 rings (SSSR count). The van der Waals surface area contributed by atoms with Crippen molar-refractivity contribution in [2.75, 3.05) is 6.61 Å². The Morgan fingerprint density at radius 3 is 2.86 bits per heavy atom. The summed E-state index contributed by atoms with van der Waals surface area (Å²) in [5.74, 6) is -0.885. The van der Waals surface area contributed by atoms with Crippen LogP contribution in [0.25, 0.3) is 0 Å². The van der Waals surface area contributed by atoms with Gasteiger partial charge in [-0.2, -0.15) is 0 Å². The van der Waals surface area contributed by atoms with Crippen molar-refractivity contribution >= 4 is 16.8 Å². The van der Waals surface area contributed by atoms with Gasteiger partial charge in [0.05, 0.1) is 6.61 Å². The summed E-state index contributed by atoms with van der Waals surface area (Å²) in [5, 5.41) is 17.0. The topological polar surface area (TPSA) is 62.5 Å². The van der Waals surface area contributed by atoms with Crippen molar-refractivity contribution in [1.29, 1.82) is 5.41 Å². The number of hydrogen-bond acceptors (Lipinski definition) is 4. The van der Waals surface area contributed by atoms with E-state index in [4.69, 9.17) is 26.5 Å². The van der Waals surface area contributed by atoms with E-state index in [1.165, 1.54) is 0 Å². The van der Waals surface area contributed by atoms with E-state index in [1.54, 1.807) is 0 Å². The van der Waals surface area contributed by atoms with E-state index in [0.29, 0.717) is 12.8 Å². The van der Waals surface area contributed by atoms with E-state index < -0.39 is 18.0 Å². The zero-order valence-corrected chi connectivity index (χ0v) is 8.59. The highest BCUT2D eigenvalue weighted by atomic mass is 35.5. The van der Waals surface area contributed by atoms with Crippen molar-refractivity contribution in [3.05, 3.63) is 0 Å². The third-order valence-electron chi connectivity index (χ3n) is 2.86. The third-order valence-corrected chi connectivity index (χ3v) is 3.11. The Kier molecular flexibility index (Phi) is 2.79. The molecule has 14 heavy (non-hydrogen) atoms. The normalized spacial score (nSPS) is 43.0. The van der Waals surface area contributed by atoms with E-state index in [9.17, 15) is 5.11 Å². The van der Waals surface area contributed by atoms with Gasteiger partial charge in [-0.1, -0.05) is 18.0 Å². The maximum atomic E-state index is 9.80. The molecule has 1 aliphatic heterocycles. The Bertz CT molecular complexity index is 248. The lowest BCUT2D eigenvalue weighted by Gasteiger charge is -2.36. The molecule has 0 aromatic heterocycles. The summed E-state index contributed by atoms with van der Waals surface area (Å²) in [6.07, 6.45) is 2.29. The minimum atomic E-state index is -0.885. The predicted octanol–water partition coefficient (Wildman–Crippen LogP) is 1.25. The van der Waals surface area contributed by atoms with Crippen molar-refractivity contribution in [2.45, 2.75) is 43.7 Å². The first kappa shape index (κ1) is 10.4. The van der Waals surface area contributed by atoms with E-state index in [1.807, 2.05) is 0 Å². The molecule has 2 aliphatic rings. The van der Waals surface area contributed by atoms with Gasteiger partial charge in [-0.3, -0.25) is 5.41 Å². The second-order valence-electron chi connectivity index (χ2n) is 3.84. The second-order valence-corrected chi connectivity index (χ2v) is 4.25. The zero-order valence-electron chi connectivity index (χ0n) is 7.83. The molecule has 80 valence electrons. The monoisotopic (exact) mass is 219 g/mol. The summed E-state index contributed by atoms with van der Waals surface area (Å²) >= 11 is 5.53. The maximum Gasteiger partial charge on any atom is 0.195 e. The van der Waals surface area contributed by atoms with E-state index in [2.05, 4.69) is 0 Å². The zero-order chi connectivity index (χ0) is 10.2. The van der Waals surface area contributed by atoms with Gasteiger partial charge in [-0.15, -0.1) is 0 Å². The lowest BCUT2D eigenvalue weighted by Crippen LogP contribution is -2.46. The lowest BCUT2D eigenvalue weighted by atomic mass is 9.91. The van der Waals surface area contributed by atoms with Gasteiger partial charge in [0.15, 0.2) is 5.79 Å². The molecule has 2 fully saturated rings. The number of ether oxygens (including phenoxy) is 2. The molecule has 3 unspecified atom stereocenters. The smallest absolute Gasteiger partial charge is 0.195 e. The van der Waals surface area contributed by atoms with Crippen LogP contribution in [-0.2, 0) is 9.47 Å². The molecule has 2 N–H and O–H groups in total. The molecule has 0 bridgehead atoms. The first-order valence-corrected chi connectivity index (χ1v) is 5.26. The van der Waals surface area contributed by atoms with E-state index in [0.717, 1.165) is 12.8 Å². The lowest BCUT2D eigenvalue weighted by molar-refractivity contribution is -0.239. The van der Waals surface area contributed by atoms with Crippen LogP contribution in [0.15, 0.2) is 0 Å². The number of halogens is 1. The molecule has 1 aliphatic carbocycles. The van der Waals surface area contributed by atoms with Crippen LogP contribution in [0, 0.1) is 5.41 Å². The van der Waals surface area contributed by atoms with Gasteiger partial charge in [-0.05, 0) is 12.8 Å². The number of nitrogens with one attached hydrogen (secondary N) is 1. The van der Waals surface area contributed by atoms with Crippen LogP contribution in [0.1, 0.15) is 25.7 Å².